The molecule has 0 saturated heterocycles. The van der Waals surface area contributed by atoms with Crippen LogP contribution in [0.25, 0.3) is 0 Å². The Kier molecular flexibility index (Phi) is 4.00. The maximum absolute atomic E-state index is 11.7. The van der Waals surface area contributed by atoms with Gasteiger partial charge < -0.3 is 4.74 Å². The number of carbonyl (C=O) groups excluding carboxylic acids is 1. The van der Waals surface area contributed by atoms with Gasteiger partial charge in [-0.3, -0.25) is 0 Å². The molecule has 18 heavy (non-hydrogen) atoms. The fraction of sp³-hybridized carbons (Fsp3) is 0.133. The van der Waals surface area contributed by atoms with E-state index in [1.165, 1.54) is 5.56 Å². The van der Waals surface area contributed by atoms with E-state index in [1.54, 1.807) is 24.3 Å². The van der Waals surface area contributed by atoms with E-state index in [1.807, 2.05) is 31.2 Å². The third-order valence-corrected chi connectivity index (χ3v) is 2.82. The largest absolute Gasteiger partial charge is 0.457 e. The van der Waals surface area contributed by atoms with Gasteiger partial charge in [-0.1, -0.05) is 41.4 Å². The standard InChI is InChI=1S/C15H13ClO2/c1-11-2-4-12(5-3-11)10-18-15(17)13-6-8-14(16)9-7-13/h2-9H,10H2,1H3. The van der Waals surface area contributed by atoms with Gasteiger partial charge in [0.25, 0.3) is 0 Å². The highest BCUT2D eigenvalue weighted by molar-refractivity contribution is 6.30. The summed E-state index contributed by atoms with van der Waals surface area (Å²) < 4.78 is 5.21. The van der Waals surface area contributed by atoms with E-state index in [0.717, 1.165) is 5.56 Å². The molecule has 0 N–H and O–H groups in total. The van der Waals surface area contributed by atoms with Crippen molar-refractivity contribution in [3.8, 4) is 0 Å². The van der Waals surface area contributed by atoms with Gasteiger partial charge in [-0.15, -0.1) is 0 Å². The highest BCUT2D eigenvalue weighted by Gasteiger charge is 2.06. The Morgan fingerprint density at radius 3 is 2.28 bits per heavy atom. The lowest BCUT2D eigenvalue weighted by Crippen LogP contribution is -2.04. The van der Waals surface area contributed by atoms with E-state index in [2.05, 4.69) is 0 Å². The number of carbonyl (C=O) groups is 1. The summed E-state index contributed by atoms with van der Waals surface area (Å²) in [6.07, 6.45) is 0. The van der Waals surface area contributed by atoms with Crippen molar-refractivity contribution in [2.45, 2.75) is 13.5 Å². The molecule has 0 amide bonds. The van der Waals surface area contributed by atoms with Gasteiger partial charge in [0.2, 0.25) is 0 Å². The summed E-state index contributed by atoms with van der Waals surface area (Å²) in [5, 5.41) is 0.602. The first-order valence-corrected chi connectivity index (χ1v) is 6.01. The van der Waals surface area contributed by atoms with Gasteiger partial charge in [-0.2, -0.15) is 0 Å². The monoisotopic (exact) mass is 260 g/mol. The Bertz CT molecular complexity index is 529. The highest BCUT2D eigenvalue weighted by atomic mass is 35.5. The highest BCUT2D eigenvalue weighted by Crippen LogP contribution is 2.11. The molecule has 2 nitrogen and oxygen atoms in total. The van der Waals surface area contributed by atoms with Crippen LogP contribution >= 0.6 is 11.6 Å². The summed E-state index contributed by atoms with van der Waals surface area (Å²) in [6, 6.07) is 14.5. The van der Waals surface area contributed by atoms with Crippen molar-refractivity contribution < 1.29 is 9.53 Å². The quantitative estimate of drug-likeness (QED) is 0.780. The molecule has 2 rings (SSSR count). The minimum Gasteiger partial charge on any atom is -0.457 e. The molecule has 3 heteroatoms. The molecule has 92 valence electrons. The van der Waals surface area contributed by atoms with Gasteiger partial charge in [-0.05, 0) is 36.8 Å². The number of rotatable bonds is 3. The number of benzene rings is 2. The summed E-state index contributed by atoms with van der Waals surface area (Å²) in [6.45, 7) is 2.30. The van der Waals surface area contributed by atoms with Crippen molar-refractivity contribution >= 4 is 17.6 Å². The van der Waals surface area contributed by atoms with Crippen LogP contribution in [-0.4, -0.2) is 5.97 Å². The number of aryl methyl sites for hydroxylation is 1. The predicted octanol–water partition coefficient (Wildman–Crippen LogP) is 4.01. The van der Waals surface area contributed by atoms with Crippen LogP contribution in [-0.2, 0) is 11.3 Å². The molecular weight excluding hydrogens is 248 g/mol. The fourth-order valence-corrected chi connectivity index (χ4v) is 1.63. The molecule has 0 aliphatic rings. The Labute approximate surface area is 111 Å². The number of ether oxygens (including phenoxy) is 1. The van der Waals surface area contributed by atoms with Crippen LogP contribution in [0, 0.1) is 6.92 Å². The lowest BCUT2D eigenvalue weighted by molar-refractivity contribution is 0.0473. The topological polar surface area (TPSA) is 26.3 Å². The van der Waals surface area contributed by atoms with E-state index < -0.39 is 0 Å². The fourth-order valence-electron chi connectivity index (χ4n) is 1.50. The predicted molar refractivity (Wildman–Crippen MR) is 71.8 cm³/mol. The van der Waals surface area contributed by atoms with Gasteiger partial charge in [0, 0.05) is 5.02 Å². The van der Waals surface area contributed by atoms with Crippen LogP contribution in [0.4, 0.5) is 0 Å². The van der Waals surface area contributed by atoms with Crippen molar-refractivity contribution in [2.24, 2.45) is 0 Å². The van der Waals surface area contributed by atoms with Crippen molar-refractivity contribution in [1.82, 2.24) is 0 Å². The van der Waals surface area contributed by atoms with E-state index in [0.29, 0.717) is 10.6 Å². The average molecular weight is 261 g/mol. The third-order valence-electron chi connectivity index (χ3n) is 2.57. The van der Waals surface area contributed by atoms with E-state index in [-0.39, 0.29) is 12.6 Å². The summed E-state index contributed by atoms with van der Waals surface area (Å²) in [5.74, 6) is -0.341. The molecule has 0 fully saturated rings. The van der Waals surface area contributed by atoms with Crippen molar-refractivity contribution in [3.05, 3.63) is 70.2 Å². The smallest absolute Gasteiger partial charge is 0.338 e. The normalized spacial score (nSPS) is 10.1. The number of esters is 1. The molecule has 2 aromatic rings. The zero-order valence-electron chi connectivity index (χ0n) is 10.0. The lowest BCUT2D eigenvalue weighted by atomic mass is 10.2. The van der Waals surface area contributed by atoms with E-state index >= 15 is 0 Å². The Hall–Kier alpha value is -1.80. The molecule has 0 radical (unpaired) electrons. The van der Waals surface area contributed by atoms with Crippen LogP contribution in [0.3, 0.4) is 0 Å². The summed E-state index contributed by atoms with van der Waals surface area (Å²) in [4.78, 5) is 11.7. The molecule has 0 aliphatic carbocycles. The van der Waals surface area contributed by atoms with Gasteiger partial charge in [-0.25, -0.2) is 4.79 Å². The van der Waals surface area contributed by atoms with Crippen LogP contribution in [0.5, 0.6) is 0 Å². The summed E-state index contributed by atoms with van der Waals surface area (Å²) in [7, 11) is 0. The lowest BCUT2D eigenvalue weighted by Gasteiger charge is -2.05. The molecule has 0 atom stereocenters. The minimum atomic E-state index is -0.341. The second kappa shape index (κ2) is 5.69. The molecule has 0 unspecified atom stereocenters. The minimum absolute atomic E-state index is 0.280. The molecule has 0 spiro atoms. The number of hydrogen-bond acceptors (Lipinski definition) is 2. The third kappa shape index (κ3) is 3.34. The first-order valence-electron chi connectivity index (χ1n) is 5.63. The van der Waals surface area contributed by atoms with E-state index in [9.17, 15) is 4.79 Å². The zero-order valence-corrected chi connectivity index (χ0v) is 10.8. The van der Waals surface area contributed by atoms with Crippen LogP contribution < -0.4 is 0 Å². The molecule has 0 heterocycles. The Morgan fingerprint density at radius 1 is 1.06 bits per heavy atom. The van der Waals surface area contributed by atoms with Crippen LogP contribution in [0.15, 0.2) is 48.5 Å². The first kappa shape index (κ1) is 12.7. The molecule has 0 aliphatic heterocycles. The summed E-state index contributed by atoms with van der Waals surface area (Å²) >= 11 is 5.75. The van der Waals surface area contributed by atoms with Crippen LogP contribution in [0.2, 0.25) is 5.02 Å². The number of halogens is 1. The Morgan fingerprint density at radius 2 is 1.67 bits per heavy atom. The molecule has 0 aromatic heterocycles. The summed E-state index contributed by atoms with van der Waals surface area (Å²) in [5.41, 5.74) is 2.66. The average Bonchev–Trinajstić information content (AvgIpc) is 2.38. The molecule has 2 aromatic carbocycles. The van der Waals surface area contributed by atoms with Crippen molar-refractivity contribution in [2.75, 3.05) is 0 Å². The first-order chi connectivity index (χ1) is 8.65. The van der Waals surface area contributed by atoms with E-state index in [4.69, 9.17) is 16.3 Å². The SMILES string of the molecule is Cc1ccc(COC(=O)c2ccc(Cl)cc2)cc1. The zero-order chi connectivity index (χ0) is 13.0. The van der Waals surface area contributed by atoms with Gasteiger partial charge in [0.15, 0.2) is 0 Å². The van der Waals surface area contributed by atoms with Gasteiger partial charge >= 0.3 is 5.97 Å². The Balaban J connectivity index is 1.96. The van der Waals surface area contributed by atoms with Crippen molar-refractivity contribution in [3.63, 3.8) is 0 Å². The number of hydrogen-bond donors (Lipinski definition) is 0. The van der Waals surface area contributed by atoms with Crippen LogP contribution in [0.1, 0.15) is 21.5 Å². The van der Waals surface area contributed by atoms with Crippen molar-refractivity contribution in [1.29, 1.82) is 0 Å². The van der Waals surface area contributed by atoms with Gasteiger partial charge in [0.1, 0.15) is 6.61 Å². The second-order valence-corrected chi connectivity index (χ2v) is 4.51. The maximum atomic E-state index is 11.7. The van der Waals surface area contributed by atoms with Gasteiger partial charge in [0.05, 0.1) is 5.56 Å². The molecular formula is C15H13ClO2. The maximum Gasteiger partial charge on any atom is 0.338 e. The molecule has 0 saturated carbocycles. The molecule has 0 bridgehead atoms. The second-order valence-electron chi connectivity index (χ2n) is 4.07.